The van der Waals surface area contributed by atoms with Crippen molar-refractivity contribution in [3.05, 3.63) is 212 Å². The van der Waals surface area contributed by atoms with Crippen LogP contribution in [-0.2, 0) is 0 Å². The molecule has 3 heterocycles. The average molecular weight is 834 g/mol. The van der Waals surface area contributed by atoms with Crippen LogP contribution in [0.3, 0.4) is 0 Å². The van der Waals surface area contributed by atoms with Gasteiger partial charge in [0.25, 0.3) is 0 Å². The quantitative estimate of drug-likeness (QED) is 0.167. The molecule has 3 aromatic heterocycles. The van der Waals surface area contributed by atoms with Crippen molar-refractivity contribution in [2.45, 2.75) is 0 Å². The van der Waals surface area contributed by atoms with Gasteiger partial charge in [0.1, 0.15) is 11.2 Å². The van der Waals surface area contributed by atoms with Crippen molar-refractivity contribution in [1.82, 2.24) is 15.0 Å². The fraction of sp³-hybridized carbons (Fsp3) is 0. The van der Waals surface area contributed by atoms with E-state index >= 15 is 0 Å². The molecule has 0 saturated heterocycles. The Morgan fingerprint density at radius 2 is 0.891 bits per heavy atom. The molecule has 0 fully saturated rings. The molecular weight excluding hydrogens is 799 g/mol. The summed E-state index contributed by atoms with van der Waals surface area (Å²) in [6.07, 6.45) is 0. The van der Waals surface area contributed by atoms with Gasteiger partial charge >= 0.3 is 0 Å². The van der Waals surface area contributed by atoms with E-state index in [0.29, 0.717) is 17.5 Å². The molecule has 4 nitrogen and oxygen atoms in total. The van der Waals surface area contributed by atoms with Crippen LogP contribution in [0.15, 0.2) is 217 Å². The molecule has 0 aliphatic carbocycles. The van der Waals surface area contributed by atoms with Crippen molar-refractivity contribution in [3.8, 4) is 67.5 Å². The second-order valence-electron chi connectivity index (χ2n) is 16.3. The Labute approximate surface area is 372 Å². The van der Waals surface area contributed by atoms with Gasteiger partial charge in [-0.25, -0.2) is 15.0 Å². The topological polar surface area (TPSA) is 51.8 Å². The first-order valence-corrected chi connectivity index (χ1v) is 22.3. The van der Waals surface area contributed by atoms with E-state index in [1.54, 1.807) is 0 Å². The molecule has 0 aliphatic heterocycles. The minimum absolute atomic E-state index is 0.621. The zero-order chi connectivity index (χ0) is 42.1. The van der Waals surface area contributed by atoms with Crippen LogP contribution in [0.5, 0.6) is 0 Å². The summed E-state index contributed by atoms with van der Waals surface area (Å²) in [5.74, 6) is 1.88. The molecule has 0 atom stereocenters. The molecule has 10 aromatic carbocycles. The zero-order valence-electron chi connectivity index (χ0n) is 34.4. The Hall–Kier alpha value is -8.25. The lowest BCUT2D eigenvalue weighted by molar-refractivity contribution is 0.669. The van der Waals surface area contributed by atoms with Crippen LogP contribution in [-0.4, -0.2) is 15.0 Å². The van der Waals surface area contributed by atoms with Gasteiger partial charge in [-0.15, -0.1) is 11.3 Å². The van der Waals surface area contributed by atoms with Gasteiger partial charge in [0.15, 0.2) is 17.5 Å². The van der Waals surface area contributed by atoms with Crippen LogP contribution in [0.25, 0.3) is 131 Å². The lowest BCUT2D eigenvalue weighted by Crippen LogP contribution is -2.01. The number of nitrogens with zero attached hydrogens (tertiary/aromatic N) is 3. The lowest BCUT2D eigenvalue weighted by atomic mass is 9.92. The summed E-state index contributed by atoms with van der Waals surface area (Å²) in [6, 6.07) is 75.2. The number of thiophene rings is 1. The van der Waals surface area contributed by atoms with Crippen molar-refractivity contribution >= 4 is 75.0 Å². The average Bonchev–Trinajstić information content (AvgIpc) is 3.94. The summed E-state index contributed by atoms with van der Waals surface area (Å²) in [5.41, 5.74) is 11.4. The van der Waals surface area contributed by atoms with E-state index in [1.807, 2.05) is 11.3 Å². The molecule has 298 valence electrons. The van der Waals surface area contributed by atoms with E-state index in [-0.39, 0.29) is 0 Å². The van der Waals surface area contributed by atoms with Gasteiger partial charge in [0.05, 0.1) is 0 Å². The number of hydrogen-bond donors (Lipinski definition) is 0. The van der Waals surface area contributed by atoms with E-state index < -0.39 is 0 Å². The van der Waals surface area contributed by atoms with Crippen LogP contribution < -0.4 is 0 Å². The molecule has 0 aliphatic rings. The Kier molecular flexibility index (Phi) is 8.36. The molecule has 0 saturated carbocycles. The van der Waals surface area contributed by atoms with Gasteiger partial charge in [0.2, 0.25) is 0 Å². The fourth-order valence-electron chi connectivity index (χ4n) is 9.39. The fourth-order valence-corrected chi connectivity index (χ4v) is 10.5. The van der Waals surface area contributed by atoms with E-state index in [0.717, 1.165) is 71.7 Å². The van der Waals surface area contributed by atoms with Gasteiger partial charge in [-0.1, -0.05) is 158 Å². The number of fused-ring (bicyclic) bond motifs is 8. The van der Waals surface area contributed by atoms with Crippen LogP contribution in [0.2, 0.25) is 0 Å². The van der Waals surface area contributed by atoms with E-state index in [9.17, 15) is 0 Å². The Balaban J connectivity index is 0.977. The molecule has 0 radical (unpaired) electrons. The number of hydrogen-bond acceptors (Lipinski definition) is 5. The highest BCUT2D eigenvalue weighted by Crippen LogP contribution is 2.43. The van der Waals surface area contributed by atoms with Gasteiger partial charge < -0.3 is 4.42 Å². The van der Waals surface area contributed by atoms with Crippen LogP contribution in [0.4, 0.5) is 0 Å². The molecule has 13 aromatic rings. The highest BCUT2D eigenvalue weighted by molar-refractivity contribution is 7.25. The summed E-state index contributed by atoms with van der Waals surface area (Å²) in [4.78, 5) is 15.8. The largest absolute Gasteiger partial charge is 0.456 e. The number of furan rings is 1. The highest BCUT2D eigenvalue weighted by atomic mass is 32.1. The standard InChI is InChI=1S/C59H35N3OS/c1-2-11-36(12-3-1)42-27-31-52-51(34-42)56-48(18-10-19-53(56)63-52)46-29-30-49(45-16-7-6-15-44(45)46)59-61-57(39-24-21-38(22-25-39)41-26-23-37-13-4-5-14-40(37)33-41)60-58(62-59)43-28-32-55-50(35-43)47-17-8-9-20-54(47)64-55/h1-35H. The predicted molar refractivity (Wildman–Crippen MR) is 268 cm³/mol. The molecule has 13 rings (SSSR count). The van der Waals surface area contributed by atoms with Crippen molar-refractivity contribution in [1.29, 1.82) is 0 Å². The van der Waals surface area contributed by atoms with E-state index in [1.165, 1.54) is 42.1 Å². The lowest BCUT2D eigenvalue weighted by Gasteiger charge is -2.14. The first-order chi connectivity index (χ1) is 31.7. The van der Waals surface area contributed by atoms with Gasteiger partial charge in [-0.3, -0.25) is 0 Å². The van der Waals surface area contributed by atoms with Crippen molar-refractivity contribution in [2.75, 3.05) is 0 Å². The van der Waals surface area contributed by atoms with Crippen molar-refractivity contribution in [2.24, 2.45) is 0 Å². The first-order valence-electron chi connectivity index (χ1n) is 21.5. The number of benzene rings is 10. The Morgan fingerprint density at radius 1 is 0.297 bits per heavy atom. The van der Waals surface area contributed by atoms with Gasteiger partial charge in [0, 0.05) is 47.6 Å². The van der Waals surface area contributed by atoms with Crippen LogP contribution in [0, 0.1) is 0 Å². The zero-order valence-corrected chi connectivity index (χ0v) is 35.2. The summed E-state index contributed by atoms with van der Waals surface area (Å²) >= 11 is 1.81. The Bertz CT molecular complexity index is 3960. The Morgan fingerprint density at radius 3 is 1.75 bits per heavy atom. The molecule has 5 heteroatoms. The molecular formula is C59H35N3OS. The third-order valence-corrected chi connectivity index (χ3v) is 13.7. The highest BCUT2D eigenvalue weighted by Gasteiger charge is 2.20. The van der Waals surface area contributed by atoms with Gasteiger partial charge in [-0.05, 0) is 110 Å². The first kappa shape index (κ1) is 36.4. The van der Waals surface area contributed by atoms with Crippen molar-refractivity contribution < 1.29 is 4.42 Å². The van der Waals surface area contributed by atoms with Crippen LogP contribution >= 0.6 is 11.3 Å². The maximum atomic E-state index is 6.49. The second kappa shape index (κ2) is 14.7. The minimum Gasteiger partial charge on any atom is -0.456 e. The maximum Gasteiger partial charge on any atom is 0.164 e. The molecule has 0 spiro atoms. The molecule has 64 heavy (non-hydrogen) atoms. The third-order valence-electron chi connectivity index (χ3n) is 12.6. The summed E-state index contributed by atoms with van der Waals surface area (Å²) < 4.78 is 8.99. The van der Waals surface area contributed by atoms with Gasteiger partial charge in [-0.2, -0.15) is 0 Å². The number of rotatable bonds is 6. The van der Waals surface area contributed by atoms with E-state index in [2.05, 4.69) is 212 Å². The summed E-state index contributed by atoms with van der Waals surface area (Å²) in [5, 5.41) is 9.24. The smallest absolute Gasteiger partial charge is 0.164 e. The molecule has 0 N–H and O–H groups in total. The molecule has 0 bridgehead atoms. The minimum atomic E-state index is 0.621. The monoisotopic (exact) mass is 833 g/mol. The predicted octanol–water partition coefficient (Wildman–Crippen LogP) is 16.4. The number of aromatic nitrogens is 3. The second-order valence-corrected chi connectivity index (χ2v) is 17.4. The summed E-state index contributed by atoms with van der Waals surface area (Å²) in [7, 11) is 0. The normalized spacial score (nSPS) is 11.8. The molecule has 0 unspecified atom stereocenters. The summed E-state index contributed by atoms with van der Waals surface area (Å²) in [6.45, 7) is 0. The third kappa shape index (κ3) is 6.09. The van der Waals surface area contributed by atoms with Crippen LogP contribution in [0.1, 0.15) is 0 Å². The molecule has 0 amide bonds. The van der Waals surface area contributed by atoms with E-state index in [4.69, 9.17) is 19.4 Å². The maximum absolute atomic E-state index is 6.49. The van der Waals surface area contributed by atoms with Crippen molar-refractivity contribution in [3.63, 3.8) is 0 Å². The SMILES string of the molecule is c1ccc(-c2ccc3oc4cccc(-c5ccc(-c6nc(-c7ccc(-c8ccc9ccccc9c8)cc7)nc(-c7ccc8sc9ccccc9c8c7)n6)c6ccccc56)c4c3c2)cc1.